The van der Waals surface area contributed by atoms with E-state index in [0.29, 0.717) is 23.6 Å². The molecule has 0 bridgehead atoms. The summed E-state index contributed by atoms with van der Waals surface area (Å²) in [7, 11) is 0. The maximum atomic E-state index is 13.6. The second-order valence-electron chi connectivity index (χ2n) is 4.95. The van der Waals surface area contributed by atoms with Gasteiger partial charge in [0.2, 0.25) is 5.95 Å². The molecule has 19 heavy (non-hydrogen) atoms. The average molecular weight is 284 g/mol. The van der Waals surface area contributed by atoms with Crippen molar-refractivity contribution in [3.8, 4) is 0 Å². The minimum Gasteiger partial charge on any atom is -0.378 e. The van der Waals surface area contributed by atoms with Crippen molar-refractivity contribution in [1.29, 1.82) is 0 Å². The van der Waals surface area contributed by atoms with Gasteiger partial charge in [0.25, 0.3) is 0 Å². The fraction of sp³-hybridized carbons (Fsp3) is 0.462. The highest BCUT2D eigenvalue weighted by molar-refractivity contribution is 6.31. The van der Waals surface area contributed by atoms with Crippen LogP contribution in [0, 0.1) is 5.82 Å². The van der Waals surface area contributed by atoms with Gasteiger partial charge in [0, 0.05) is 18.7 Å². The Kier molecular flexibility index (Phi) is 3.11. The first kappa shape index (κ1) is 12.7. The van der Waals surface area contributed by atoms with E-state index in [1.807, 2.05) is 11.5 Å². The zero-order valence-electron chi connectivity index (χ0n) is 10.6. The molecule has 2 aromatic rings. The molecule has 6 heteroatoms. The van der Waals surface area contributed by atoms with Crippen LogP contribution in [-0.4, -0.2) is 22.3 Å². The summed E-state index contributed by atoms with van der Waals surface area (Å²) in [4.78, 5) is 4.26. The first-order chi connectivity index (χ1) is 9.06. The zero-order chi connectivity index (χ0) is 13.6. The molecule has 0 aliphatic carbocycles. The van der Waals surface area contributed by atoms with Crippen LogP contribution in [0.5, 0.6) is 0 Å². The Morgan fingerprint density at radius 1 is 1.53 bits per heavy atom. The van der Waals surface area contributed by atoms with Gasteiger partial charge < -0.3 is 15.0 Å². The molecule has 1 saturated heterocycles. The first-order valence-electron chi connectivity index (χ1n) is 6.30. The SMILES string of the molecule is CC1CC(n2c(N)nc3cc(Cl)c(F)cc32)CCO1. The number of fused-ring (bicyclic) bond motifs is 1. The predicted octanol–water partition coefficient (Wildman–Crippen LogP) is 3.15. The fourth-order valence-corrected chi connectivity index (χ4v) is 2.86. The smallest absolute Gasteiger partial charge is 0.201 e. The Morgan fingerprint density at radius 2 is 2.32 bits per heavy atom. The van der Waals surface area contributed by atoms with E-state index in [1.54, 1.807) is 0 Å². The summed E-state index contributed by atoms with van der Waals surface area (Å²) in [6, 6.07) is 3.11. The normalized spacial score (nSPS) is 23.9. The minimum absolute atomic E-state index is 0.0671. The van der Waals surface area contributed by atoms with Crippen molar-refractivity contribution in [1.82, 2.24) is 9.55 Å². The van der Waals surface area contributed by atoms with Crippen molar-refractivity contribution >= 4 is 28.6 Å². The van der Waals surface area contributed by atoms with Gasteiger partial charge >= 0.3 is 0 Å². The molecule has 1 aliphatic rings. The number of halogens is 2. The highest BCUT2D eigenvalue weighted by Crippen LogP contribution is 2.33. The monoisotopic (exact) mass is 283 g/mol. The van der Waals surface area contributed by atoms with E-state index in [0.717, 1.165) is 12.8 Å². The maximum absolute atomic E-state index is 13.6. The molecule has 0 amide bonds. The molecule has 0 spiro atoms. The van der Waals surface area contributed by atoms with Gasteiger partial charge in [-0.3, -0.25) is 0 Å². The van der Waals surface area contributed by atoms with Crippen molar-refractivity contribution in [2.45, 2.75) is 31.9 Å². The molecule has 1 aromatic carbocycles. The molecule has 0 saturated carbocycles. The summed E-state index contributed by atoms with van der Waals surface area (Å²) >= 11 is 5.77. The Labute approximate surface area is 115 Å². The van der Waals surface area contributed by atoms with E-state index in [-0.39, 0.29) is 17.2 Å². The summed E-state index contributed by atoms with van der Waals surface area (Å²) in [6.45, 7) is 2.71. The lowest BCUT2D eigenvalue weighted by atomic mass is 10.0. The highest BCUT2D eigenvalue weighted by Gasteiger charge is 2.24. The summed E-state index contributed by atoms with van der Waals surface area (Å²) in [5.74, 6) is -0.0498. The molecule has 1 aromatic heterocycles. The Bertz CT molecular complexity index is 628. The largest absolute Gasteiger partial charge is 0.378 e. The van der Waals surface area contributed by atoms with E-state index >= 15 is 0 Å². The van der Waals surface area contributed by atoms with Crippen molar-refractivity contribution in [2.75, 3.05) is 12.3 Å². The van der Waals surface area contributed by atoms with Crippen LogP contribution in [0.15, 0.2) is 12.1 Å². The maximum Gasteiger partial charge on any atom is 0.201 e. The number of benzene rings is 1. The molecule has 2 N–H and O–H groups in total. The van der Waals surface area contributed by atoms with Gasteiger partial charge in [-0.1, -0.05) is 11.6 Å². The molecule has 2 unspecified atom stereocenters. The number of hydrogen-bond acceptors (Lipinski definition) is 3. The van der Waals surface area contributed by atoms with Crippen LogP contribution in [0.25, 0.3) is 11.0 Å². The second kappa shape index (κ2) is 4.65. The molecule has 4 nitrogen and oxygen atoms in total. The summed E-state index contributed by atoms with van der Waals surface area (Å²) in [5, 5.41) is 0.0671. The summed E-state index contributed by atoms with van der Waals surface area (Å²) in [5.41, 5.74) is 7.30. The Balaban J connectivity index is 2.12. The average Bonchev–Trinajstić information content (AvgIpc) is 2.65. The van der Waals surface area contributed by atoms with Gasteiger partial charge in [-0.25, -0.2) is 9.37 Å². The van der Waals surface area contributed by atoms with Gasteiger partial charge in [-0.2, -0.15) is 0 Å². The molecule has 1 aliphatic heterocycles. The molecule has 1 fully saturated rings. The lowest BCUT2D eigenvalue weighted by molar-refractivity contribution is 0.00713. The number of rotatable bonds is 1. The van der Waals surface area contributed by atoms with Gasteiger partial charge in [-0.15, -0.1) is 0 Å². The van der Waals surface area contributed by atoms with E-state index < -0.39 is 5.82 Å². The number of anilines is 1. The number of hydrogen-bond donors (Lipinski definition) is 1. The lowest BCUT2D eigenvalue weighted by Crippen LogP contribution is -2.26. The van der Waals surface area contributed by atoms with Crippen molar-refractivity contribution < 1.29 is 9.13 Å². The van der Waals surface area contributed by atoms with Crippen LogP contribution >= 0.6 is 11.6 Å². The number of nitrogens with zero attached hydrogens (tertiary/aromatic N) is 2. The third-order valence-electron chi connectivity index (χ3n) is 3.58. The minimum atomic E-state index is -0.449. The van der Waals surface area contributed by atoms with Crippen LogP contribution in [0.4, 0.5) is 10.3 Å². The lowest BCUT2D eigenvalue weighted by Gasteiger charge is -2.29. The zero-order valence-corrected chi connectivity index (χ0v) is 11.3. The van der Waals surface area contributed by atoms with Crippen LogP contribution < -0.4 is 5.73 Å². The van der Waals surface area contributed by atoms with E-state index in [2.05, 4.69) is 4.98 Å². The van der Waals surface area contributed by atoms with Crippen LogP contribution in [-0.2, 0) is 4.74 Å². The molecular weight excluding hydrogens is 269 g/mol. The topological polar surface area (TPSA) is 53.1 Å². The van der Waals surface area contributed by atoms with Crippen LogP contribution in [0.1, 0.15) is 25.8 Å². The number of ether oxygens (including phenoxy) is 1. The first-order valence-corrected chi connectivity index (χ1v) is 6.68. The highest BCUT2D eigenvalue weighted by atomic mass is 35.5. The molecule has 0 radical (unpaired) electrons. The van der Waals surface area contributed by atoms with Gasteiger partial charge in [0.15, 0.2) is 0 Å². The predicted molar refractivity (Wildman–Crippen MR) is 72.8 cm³/mol. The molecule has 102 valence electrons. The number of nitrogen functional groups attached to an aromatic ring is 1. The van der Waals surface area contributed by atoms with E-state index in [9.17, 15) is 4.39 Å². The number of nitrogens with two attached hydrogens (primary N) is 1. The third kappa shape index (κ3) is 2.17. The standard InChI is InChI=1S/C13H15ClFN3O/c1-7-4-8(2-3-19-7)18-12-6-10(15)9(14)5-11(12)17-13(18)16/h5-8H,2-4H2,1H3,(H2,16,17). The van der Waals surface area contributed by atoms with E-state index in [1.165, 1.54) is 12.1 Å². The molecular formula is C13H15ClFN3O. The van der Waals surface area contributed by atoms with Gasteiger partial charge in [-0.05, 0) is 25.8 Å². The Morgan fingerprint density at radius 3 is 3.05 bits per heavy atom. The number of imidazole rings is 1. The van der Waals surface area contributed by atoms with Crippen molar-refractivity contribution in [3.05, 3.63) is 23.0 Å². The quantitative estimate of drug-likeness (QED) is 0.875. The van der Waals surface area contributed by atoms with Gasteiger partial charge in [0.1, 0.15) is 5.82 Å². The van der Waals surface area contributed by atoms with Crippen molar-refractivity contribution in [3.63, 3.8) is 0 Å². The summed E-state index contributed by atoms with van der Waals surface area (Å²) in [6.07, 6.45) is 1.87. The third-order valence-corrected chi connectivity index (χ3v) is 3.87. The molecule has 2 atom stereocenters. The molecule has 2 heterocycles. The van der Waals surface area contributed by atoms with Crippen LogP contribution in [0.2, 0.25) is 5.02 Å². The van der Waals surface area contributed by atoms with E-state index in [4.69, 9.17) is 22.1 Å². The van der Waals surface area contributed by atoms with Crippen molar-refractivity contribution in [2.24, 2.45) is 0 Å². The number of aromatic nitrogens is 2. The van der Waals surface area contributed by atoms with Gasteiger partial charge in [0.05, 0.1) is 22.2 Å². The molecule has 3 rings (SSSR count). The summed E-state index contributed by atoms with van der Waals surface area (Å²) < 4.78 is 21.1. The fourth-order valence-electron chi connectivity index (χ4n) is 2.70. The Hall–Kier alpha value is -1.33. The van der Waals surface area contributed by atoms with Crippen LogP contribution in [0.3, 0.4) is 0 Å². The second-order valence-corrected chi connectivity index (χ2v) is 5.36.